The minimum absolute atomic E-state index is 0.0401. The summed E-state index contributed by atoms with van der Waals surface area (Å²) in [4.78, 5) is 6.33. The minimum Gasteiger partial charge on any atom is -0.335 e. The van der Waals surface area contributed by atoms with Crippen molar-refractivity contribution in [2.45, 2.75) is 23.9 Å². The average molecular weight is 269 g/mol. The summed E-state index contributed by atoms with van der Waals surface area (Å²) < 4.78 is 26.6. The maximum atomic E-state index is 11.9. The summed E-state index contributed by atoms with van der Waals surface area (Å²) in [5, 5.41) is 4.28. The van der Waals surface area contributed by atoms with E-state index < -0.39 is 10.0 Å². The number of sulfonamides is 1. The molecule has 2 aromatic rings. The molecule has 2 heterocycles. The van der Waals surface area contributed by atoms with Crippen molar-refractivity contribution >= 4 is 21.4 Å². The highest BCUT2D eigenvalue weighted by Crippen LogP contribution is 2.26. The van der Waals surface area contributed by atoms with Gasteiger partial charge < -0.3 is 4.98 Å². The van der Waals surface area contributed by atoms with Crippen LogP contribution in [0.4, 0.5) is 0 Å². The van der Waals surface area contributed by atoms with Gasteiger partial charge >= 0.3 is 0 Å². The van der Waals surface area contributed by atoms with Crippen LogP contribution < -0.4 is 4.72 Å². The van der Waals surface area contributed by atoms with Crippen LogP contribution in [0.3, 0.4) is 0 Å². The van der Waals surface area contributed by atoms with Crippen molar-refractivity contribution in [2.24, 2.45) is 0 Å². The number of nitrogens with zero attached hydrogens (tertiary/aromatic N) is 1. The van der Waals surface area contributed by atoms with Gasteiger partial charge in [0.1, 0.15) is 0 Å². The van der Waals surface area contributed by atoms with Gasteiger partial charge in [-0.2, -0.15) is 11.3 Å². The second-order valence-corrected chi connectivity index (χ2v) is 6.49. The van der Waals surface area contributed by atoms with Crippen LogP contribution in [-0.4, -0.2) is 24.4 Å². The Bertz CT molecular complexity index is 595. The minimum atomic E-state index is -3.46. The molecule has 7 heteroatoms. The summed E-state index contributed by atoms with van der Waals surface area (Å²) in [5.74, 6) is 0. The SMILES string of the molecule is O=S(=O)(NC1Cc2cscc2C1)c1cnc[nH]1. The number of thiophene rings is 1. The van der Waals surface area contributed by atoms with Crippen LogP contribution in [0, 0.1) is 0 Å². The fourth-order valence-electron chi connectivity index (χ4n) is 2.07. The van der Waals surface area contributed by atoms with Gasteiger partial charge in [0, 0.05) is 6.04 Å². The molecular formula is C10H11N3O2S2. The Morgan fingerprint density at radius 1 is 1.35 bits per heavy atom. The first-order valence-corrected chi connectivity index (χ1v) is 7.62. The van der Waals surface area contributed by atoms with E-state index in [2.05, 4.69) is 25.5 Å². The third-order valence-corrected chi connectivity index (χ3v) is 5.14. The van der Waals surface area contributed by atoms with Gasteiger partial charge in [-0.15, -0.1) is 0 Å². The maximum Gasteiger partial charge on any atom is 0.257 e. The normalized spacial score (nSPS) is 16.2. The lowest BCUT2D eigenvalue weighted by Crippen LogP contribution is -2.35. The maximum absolute atomic E-state index is 11.9. The van der Waals surface area contributed by atoms with Crippen LogP contribution in [0.1, 0.15) is 11.1 Å². The second-order valence-electron chi connectivity index (χ2n) is 4.06. The van der Waals surface area contributed by atoms with Crippen molar-refractivity contribution in [3.8, 4) is 0 Å². The third-order valence-electron chi connectivity index (χ3n) is 2.85. The van der Waals surface area contributed by atoms with Crippen molar-refractivity contribution in [1.82, 2.24) is 14.7 Å². The number of fused-ring (bicyclic) bond motifs is 1. The molecule has 0 bridgehead atoms. The fourth-order valence-corrected chi connectivity index (χ4v) is 4.10. The fraction of sp³-hybridized carbons (Fsp3) is 0.300. The van der Waals surface area contributed by atoms with E-state index in [-0.39, 0.29) is 11.1 Å². The standard InChI is InChI=1S/C10H11N3O2S2/c14-17(15,10-3-11-6-12-10)13-9-1-7-4-16-5-8(7)2-9/h3-6,9,13H,1-2H2,(H,11,12). The van der Waals surface area contributed by atoms with Crippen molar-refractivity contribution in [3.05, 3.63) is 34.4 Å². The van der Waals surface area contributed by atoms with Crippen molar-refractivity contribution < 1.29 is 8.42 Å². The number of rotatable bonds is 3. The molecule has 0 aliphatic heterocycles. The van der Waals surface area contributed by atoms with E-state index in [1.54, 1.807) is 11.3 Å². The zero-order chi connectivity index (χ0) is 11.9. The molecule has 0 radical (unpaired) electrons. The quantitative estimate of drug-likeness (QED) is 0.870. The lowest BCUT2D eigenvalue weighted by atomic mass is 10.2. The molecule has 0 saturated carbocycles. The van der Waals surface area contributed by atoms with E-state index in [1.165, 1.54) is 23.7 Å². The van der Waals surface area contributed by atoms with E-state index in [0.717, 1.165) is 12.8 Å². The largest absolute Gasteiger partial charge is 0.335 e. The topological polar surface area (TPSA) is 74.8 Å². The van der Waals surface area contributed by atoms with Gasteiger partial charge in [-0.05, 0) is 34.7 Å². The number of aromatic amines is 1. The van der Waals surface area contributed by atoms with E-state index >= 15 is 0 Å². The van der Waals surface area contributed by atoms with Crippen LogP contribution in [-0.2, 0) is 22.9 Å². The molecule has 1 aliphatic rings. The van der Waals surface area contributed by atoms with E-state index in [0.29, 0.717) is 0 Å². The lowest BCUT2D eigenvalue weighted by Gasteiger charge is -2.11. The summed E-state index contributed by atoms with van der Waals surface area (Å²) >= 11 is 1.67. The Balaban J connectivity index is 1.76. The number of imidazole rings is 1. The summed E-state index contributed by atoms with van der Waals surface area (Å²) in [6.07, 6.45) is 4.21. The van der Waals surface area contributed by atoms with Gasteiger partial charge in [-0.25, -0.2) is 18.1 Å². The van der Waals surface area contributed by atoms with Crippen molar-refractivity contribution in [3.63, 3.8) is 0 Å². The van der Waals surface area contributed by atoms with Gasteiger partial charge in [0.15, 0.2) is 5.03 Å². The lowest BCUT2D eigenvalue weighted by molar-refractivity contribution is 0.553. The van der Waals surface area contributed by atoms with Crippen LogP contribution in [0.5, 0.6) is 0 Å². The molecule has 0 fully saturated rings. The second kappa shape index (κ2) is 3.94. The summed E-state index contributed by atoms with van der Waals surface area (Å²) in [5.41, 5.74) is 2.51. The smallest absolute Gasteiger partial charge is 0.257 e. The van der Waals surface area contributed by atoms with Gasteiger partial charge in [0.25, 0.3) is 10.0 Å². The average Bonchev–Trinajstić information content (AvgIpc) is 2.90. The van der Waals surface area contributed by atoms with Gasteiger partial charge in [-0.3, -0.25) is 0 Å². The number of hydrogen-bond acceptors (Lipinski definition) is 4. The highest BCUT2D eigenvalue weighted by atomic mass is 32.2. The number of hydrogen-bond donors (Lipinski definition) is 2. The van der Waals surface area contributed by atoms with Crippen LogP contribution in [0.15, 0.2) is 28.3 Å². The predicted octanol–water partition coefficient (Wildman–Crippen LogP) is 0.917. The van der Waals surface area contributed by atoms with Crippen LogP contribution in [0.2, 0.25) is 0 Å². The zero-order valence-electron chi connectivity index (χ0n) is 8.88. The van der Waals surface area contributed by atoms with E-state index in [9.17, 15) is 8.42 Å². The van der Waals surface area contributed by atoms with Crippen LogP contribution >= 0.6 is 11.3 Å². The first-order chi connectivity index (χ1) is 8.15. The molecule has 0 unspecified atom stereocenters. The molecule has 0 spiro atoms. The highest BCUT2D eigenvalue weighted by Gasteiger charge is 2.27. The third kappa shape index (κ3) is 2.01. The summed E-state index contributed by atoms with van der Waals surface area (Å²) in [7, 11) is -3.46. The molecule has 2 aromatic heterocycles. The molecule has 0 saturated heterocycles. The molecule has 17 heavy (non-hydrogen) atoms. The first-order valence-electron chi connectivity index (χ1n) is 5.20. The monoisotopic (exact) mass is 269 g/mol. The van der Waals surface area contributed by atoms with E-state index in [4.69, 9.17) is 0 Å². The molecule has 5 nitrogen and oxygen atoms in total. The Morgan fingerprint density at radius 3 is 2.65 bits per heavy atom. The van der Waals surface area contributed by atoms with Crippen LogP contribution in [0.25, 0.3) is 0 Å². The highest BCUT2D eigenvalue weighted by molar-refractivity contribution is 7.89. The molecule has 0 amide bonds. The van der Waals surface area contributed by atoms with Gasteiger partial charge in [0.2, 0.25) is 0 Å². The van der Waals surface area contributed by atoms with E-state index in [1.807, 2.05) is 0 Å². The Labute approximate surface area is 103 Å². The molecule has 3 rings (SSSR count). The summed E-state index contributed by atoms with van der Waals surface area (Å²) in [6, 6.07) is -0.0401. The summed E-state index contributed by atoms with van der Waals surface area (Å²) in [6.45, 7) is 0. The number of aromatic nitrogens is 2. The van der Waals surface area contributed by atoms with Crippen molar-refractivity contribution in [2.75, 3.05) is 0 Å². The van der Waals surface area contributed by atoms with Crippen molar-refractivity contribution in [1.29, 1.82) is 0 Å². The Morgan fingerprint density at radius 2 is 2.06 bits per heavy atom. The molecular weight excluding hydrogens is 258 g/mol. The number of H-pyrrole nitrogens is 1. The zero-order valence-corrected chi connectivity index (χ0v) is 10.5. The van der Waals surface area contributed by atoms with Gasteiger partial charge in [-0.1, -0.05) is 0 Å². The molecule has 2 N–H and O–H groups in total. The first kappa shape index (κ1) is 10.9. The number of nitrogens with one attached hydrogen (secondary N) is 2. The Kier molecular flexibility index (Phi) is 2.53. The molecule has 0 atom stereocenters. The predicted molar refractivity (Wildman–Crippen MR) is 64.4 cm³/mol. The Hall–Kier alpha value is -1.18. The molecule has 90 valence electrons. The molecule has 0 aromatic carbocycles. The molecule has 1 aliphatic carbocycles. The van der Waals surface area contributed by atoms with Gasteiger partial charge in [0.05, 0.1) is 12.5 Å².